The van der Waals surface area contributed by atoms with Crippen LogP contribution in [0.15, 0.2) is 64.5 Å². The van der Waals surface area contributed by atoms with Gasteiger partial charge in [-0.3, -0.25) is 0 Å². The maximum Gasteiger partial charge on any atom is 0.134 e. The van der Waals surface area contributed by atoms with Crippen LogP contribution in [0.2, 0.25) is 0 Å². The van der Waals surface area contributed by atoms with Crippen LogP contribution in [0.5, 0.6) is 0 Å². The van der Waals surface area contributed by atoms with E-state index in [1.54, 1.807) is 0 Å². The standard InChI is InChI=1S/C18H11BrN2S/c19-16-8-6-14(7-9-16)17-12-22-18(21-17)15(11-20)10-13-4-2-1-3-5-13/h1-10,12H/b15-10+. The predicted molar refractivity (Wildman–Crippen MR) is 95.2 cm³/mol. The molecule has 2 nitrogen and oxygen atoms in total. The van der Waals surface area contributed by atoms with Gasteiger partial charge in [-0.05, 0) is 23.8 Å². The molecule has 22 heavy (non-hydrogen) atoms. The second-order valence-corrected chi connectivity index (χ2v) is 6.40. The van der Waals surface area contributed by atoms with Gasteiger partial charge in [0, 0.05) is 15.4 Å². The number of hydrogen-bond acceptors (Lipinski definition) is 3. The van der Waals surface area contributed by atoms with E-state index in [2.05, 4.69) is 27.0 Å². The molecule has 0 atom stereocenters. The Hall–Kier alpha value is -2.22. The maximum atomic E-state index is 9.40. The van der Waals surface area contributed by atoms with Crippen LogP contribution in [-0.4, -0.2) is 4.98 Å². The lowest BCUT2D eigenvalue weighted by atomic mass is 10.1. The summed E-state index contributed by atoms with van der Waals surface area (Å²) in [6, 6.07) is 20.0. The van der Waals surface area contributed by atoms with E-state index in [9.17, 15) is 5.26 Å². The van der Waals surface area contributed by atoms with Crippen molar-refractivity contribution in [3.8, 4) is 17.3 Å². The fourth-order valence-corrected chi connectivity index (χ4v) is 3.07. The number of benzene rings is 2. The molecule has 0 spiro atoms. The van der Waals surface area contributed by atoms with E-state index in [-0.39, 0.29) is 0 Å². The van der Waals surface area contributed by atoms with E-state index in [1.165, 1.54) is 11.3 Å². The summed E-state index contributed by atoms with van der Waals surface area (Å²) in [6.45, 7) is 0. The van der Waals surface area contributed by atoms with Gasteiger partial charge in [0.1, 0.15) is 11.1 Å². The Labute approximate surface area is 141 Å². The molecule has 0 aliphatic rings. The zero-order chi connectivity index (χ0) is 15.4. The van der Waals surface area contributed by atoms with Crippen LogP contribution < -0.4 is 0 Å². The molecule has 2 aromatic carbocycles. The van der Waals surface area contributed by atoms with Crippen molar-refractivity contribution in [1.29, 1.82) is 5.26 Å². The summed E-state index contributed by atoms with van der Waals surface area (Å²) in [7, 11) is 0. The molecule has 0 aliphatic heterocycles. The molecule has 0 saturated carbocycles. The van der Waals surface area contributed by atoms with E-state index >= 15 is 0 Å². The van der Waals surface area contributed by atoms with E-state index < -0.39 is 0 Å². The molecule has 0 saturated heterocycles. The molecule has 106 valence electrons. The lowest BCUT2D eigenvalue weighted by Gasteiger charge is -1.97. The Bertz CT molecular complexity index is 843. The topological polar surface area (TPSA) is 36.7 Å². The van der Waals surface area contributed by atoms with Gasteiger partial charge in [0.25, 0.3) is 0 Å². The number of thiazole rings is 1. The highest BCUT2D eigenvalue weighted by Crippen LogP contribution is 2.27. The molecule has 1 heterocycles. The third-order valence-corrected chi connectivity index (χ3v) is 4.51. The second kappa shape index (κ2) is 6.69. The third-order valence-electron chi connectivity index (χ3n) is 3.11. The minimum atomic E-state index is 0.583. The average Bonchev–Trinajstić information content (AvgIpc) is 3.04. The minimum absolute atomic E-state index is 0.583. The van der Waals surface area contributed by atoms with Crippen LogP contribution in [0.1, 0.15) is 10.6 Å². The molecule has 0 aliphatic carbocycles. The van der Waals surface area contributed by atoms with Crippen LogP contribution in [0.3, 0.4) is 0 Å². The van der Waals surface area contributed by atoms with Crippen molar-refractivity contribution in [2.24, 2.45) is 0 Å². The number of aromatic nitrogens is 1. The fourth-order valence-electron chi connectivity index (χ4n) is 2.01. The third kappa shape index (κ3) is 3.33. The van der Waals surface area contributed by atoms with Crippen molar-refractivity contribution in [1.82, 2.24) is 4.98 Å². The van der Waals surface area contributed by atoms with Gasteiger partial charge in [0.05, 0.1) is 11.3 Å². The largest absolute Gasteiger partial charge is 0.235 e. The molecule has 0 bridgehead atoms. The lowest BCUT2D eigenvalue weighted by Crippen LogP contribution is -1.82. The van der Waals surface area contributed by atoms with Crippen LogP contribution in [-0.2, 0) is 0 Å². The Morgan fingerprint density at radius 1 is 1.09 bits per heavy atom. The summed E-state index contributed by atoms with van der Waals surface area (Å²) in [6.07, 6.45) is 1.87. The van der Waals surface area contributed by atoms with Crippen molar-refractivity contribution in [3.05, 3.63) is 75.0 Å². The molecule has 4 heteroatoms. The molecular formula is C18H11BrN2S. The van der Waals surface area contributed by atoms with Crippen LogP contribution in [0.4, 0.5) is 0 Å². The zero-order valence-corrected chi connectivity index (χ0v) is 13.9. The summed E-state index contributed by atoms with van der Waals surface area (Å²) in [5.41, 5.74) is 3.52. The van der Waals surface area contributed by atoms with E-state index in [1.807, 2.05) is 66.1 Å². The number of rotatable bonds is 3. The van der Waals surface area contributed by atoms with Gasteiger partial charge in [0.2, 0.25) is 0 Å². The molecule has 0 amide bonds. The molecule has 3 rings (SSSR count). The van der Waals surface area contributed by atoms with E-state index in [0.717, 1.165) is 26.3 Å². The highest BCUT2D eigenvalue weighted by Gasteiger charge is 2.09. The smallest absolute Gasteiger partial charge is 0.134 e. The summed E-state index contributed by atoms with van der Waals surface area (Å²) >= 11 is 4.91. The van der Waals surface area contributed by atoms with E-state index in [0.29, 0.717) is 5.57 Å². The first-order valence-corrected chi connectivity index (χ1v) is 8.32. The van der Waals surface area contributed by atoms with Crippen molar-refractivity contribution in [2.75, 3.05) is 0 Å². The van der Waals surface area contributed by atoms with Crippen molar-refractivity contribution in [2.45, 2.75) is 0 Å². The molecule has 0 radical (unpaired) electrons. The van der Waals surface area contributed by atoms with Gasteiger partial charge < -0.3 is 0 Å². The lowest BCUT2D eigenvalue weighted by molar-refractivity contribution is 1.37. The van der Waals surface area contributed by atoms with Gasteiger partial charge in [-0.25, -0.2) is 4.98 Å². The number of halogens is 1. The highest BCUT2D eigenvalue weighted by atomic mass is 79.9. The molecule has 0 unspecified atom stereocenters. The van der Waals surface area contributed by atoms with Gasteiger partial charge in [-0.15, -0.1) is 11.3 Å². The Kier molecular flexibility index (Phi) is 4.47. The zero-order valence-electron chi connectivity index (χ0n) is 11.5. The number of nitriles is 1. The summed E-state index contributed by atoms with van der Waals surface area (Å²) in [4.78, 5) is 4.59. The molecule has 3 aromatic rings. The first kappa shape index (κ1) is 14.7. The number of hydrogen-bond donors (Lipinski definition) is 0. The summed E-state index contributed by atoms with van der Waals surface area (Å²) in [5.74, 6) is 0. The maximum absolute atomic E-state index is 9.40. The Balaban J connectivity index is 1.94. The first-order chi connectivity index (χ1) is 10.8. The molecule has 1 aromatic heterocycles. The molecule has 0 fully saturated rings. The predicted octanol–water partition coefficient (Wildman–Crippen LogP) is 5.64. The van der Waals surface area contributed by atoms with Crippen molar-refractivity contribution < 1.29 is 0 Å². The van der Waals surface area contributed by atoms with Gasteiger partial charge in [-0.2, -0.15) is 5.26 Å². The minimum Gasteiger partial charge on any atom is -0.235 e. The fraction of sp³-hybridized carbons (Fsp3) is 0. The molecule has 0 N–H and O–H groups in total. The van der Waals surface area contributed by atoms with E-state index in [4.69, 9.17) is 0 Å². The van der Waals surface area contributed by atoms with Crippen molar-refractivity contribution >= 4 is 38.9 Å². The number of allylic oxidation sites excluding steroid dienone is 1. The number of nitrogens with zero attached hydrogens (tertiary/aromatic N) is 2. The first-order valence-electron chi connectivity index (χ1n) is 6.65. The van der Waals surface area contributed by atoms with Gasteiger partial charge in [-0.1, -0.05) is 58.4 Å². The van der Waals surface area contributed by atoms with Crippen LogP contribution in [0, 0.1) is 11.3 Å². The molecular weight excluding hydrogens is 356 g/mol. The Morgan fingerprint density at radius 2 is 1.82 bits per heavy atom. The van der Waals surface area contributed by atoms with Crippen LogP contribution in [0.25, 0.3) is 22.9 Å². The van der Waals surface area contributed by atoms with Crippen molar-refractivity contribution in [3.63, 3.8) is 0 Å². The van der Waals surface area contributed by atoms with Gasteiger partial charge >= 0.3 is 0 Å². The quantitative estimate of drug-likeness (QED) is 0.562. The summed E-state index contributed by atoms with van der Waals surface area (Å²) < 4.78 is 1.04. The van der Waals surface area contributed by atoms with Gasteiger partial charge in [0.15, 0.2) is 0 Å². The highest BCUT2D eigenvalue weighted by molar-refractivity contribution is 9.10. The average molecular weight is 367 g/mol. The normalized spacial score (nSPS) is 11.2. The second-order valence-electron chi connectivity index (χ2n) is 4.63. The summed E-state index contributed by atoms with van der Waals surface area (Å²) in [5, 5.41) is 12.1. The monoisotopic (exact) mass is 366 g/mol. The van der Waals surface area contributed by atoms with Crippen LogP contribution >= 0.6 is 27.3 Å². The Morgan fingerprint density at radius 3 is 2.50 bits per heavy atom. The SMILES string of the molecule is N#C/C(=C\c1ccccc1)c1nc(-c2ccc(Br)cc2)cs1.